The molecule has 1 atom stereocenters. The summed E-state index contributed by atoms with van der Waals surface area (Å²) >= 11 is 9.53. The van der Waals surface area contributed by atoms with Gasteiger partial charge in [-0.05, 0) is 67.6 Å². The number of nitrogens with one attached hydrogen (secondary N) is 1. The average Bonchev–Trinajstić information content (AvgIpc) is 2.75. The van der Waals surface area contributed by atoms with Gasteiger partial charge in [-0.2, -0.15) is 4.31 Å². The van der Waals surface area contributed by atoms with E-state index in [1.54, 1.807) is 6.07 Å². The predicted octanol–water partition coefficient (Wildman–Crippen LogP) is 5.02. The van der Waals surface area contributed by atoms with Crippen LogP contribution in [0, 0.1) is 12.8 Å². The molecular formula is C22H26BrClN2O4S. The Morgan fingerprint density at radius 2 is 2.06 bits per heavy atom. The Balaban J connectivity index is 1.83. The highest BCUT2D eigenvalue weighted by Gasteiger charge is 2.35. The minimum atomic E-state index is -3.86. The van der Waals surface area contributed by atoms with Crippen molar-refractivity contribution in [1.29, 1.82) is 0 Å². The molecule has 9 heteroatoms. The van der Waals surface area contributed by atoms with E-state index in [1.807, 2.05) is 26.0 Å². The minimum absolute atomic E-state index is 0.0144. The van der Waals surface area contributed by atoms with Crippen molar-refractivity contribution in [2.24, 2.45) is 5.92 Å². The van der Waals surface area contributed by atoms with Gasteiger partial charge in [-0.1, -0.05) is 34.5 Å². The van der Waals surface area contributed by atoms with Crippen LogP contribution in [-0.2, 0) is 21.2 Å². The van der Waals surface area contributed by atoms with Crippen molar-refractivity contribution in [3.63, 3.8) is 0 Å². The van der Waals surface area contributed by atoms with Gasteiger partial charge in [0, 0.05) is 28.3 Å². The van der Waals surface area contributed by atoms with Crippen LogP contribution in [0.1, 0.15) is 30.9 Å². The van der Waals surface area contributed by atoms with Gasteiger partial charge in [0.1, 0.15) is 10.6 Å². The summed E-state index contributed by atoms with van der Waals surface area (Å²) in [4.78, 5) is 13.1. The maximum absolute atomic E-state index is 13.3. The molecule has 1 fully saturated rings. The number of hydrogen-bond donors (Lipinski definition) is 1. The monoisotopic (exact) mass is 528 g/mol. The van der Waals surface area contributed by atoms with E-state index >= 15 is 0 Å². The molecule has 1 saturated heterocycles. The second-order valence-corrected chi connectivity index (χ2v) is 10.9. The Morgan fingerprint density at radius 1 is 1.32 bits per heavy atom. The molecule has 168 valence electrons. The van der Waals surface area contributed by atoms with Gasteiger partial charge in [0.05, 0.1) is 13.0 Å². The number of amides is 1. The Morgan fingerprint density at radius 3 is 2.74 bits per heavy atom. The van der Waals surface area contributed by atoms with Gasteiger partial charge in [0.25, 0.3) is 0 Å². The molecule has 1 unspecified atom stereocenters. The summed E-state index contributed by atoms with van der Waals surface area (Å²) in [7, 11) is -2.44. The lowest BCUT2D eigenvalue weighted by atomic mass is 9.98. The van der Waals surface area contributed by atoms with Crippen LogP contribution < -0.4 is 10.1 Å². The largest absolute Gasteiger partial charge is 0.495 e. The number of sulfonamides is 1. The Hall–Kier alpha value is -1.61. The summed E-state index contributed by atoms with van der Waals surface area (Å²) < 4.78 is 34.1. The molecule has 1 amide bonds. The highest BCUT2D eigenvalue weighted by atomic mass is 79.9. The summed E-state index contributed by atoms with van der Waals surface area (Å²) in [6.07, 6.45) is 2.00. The van der Waals surface area contributed by atoms with Crippen LogP contribution in [0.25, 0.3) is 0 Å². The lowest BCUT2D eigenvalue weighted by Gasteiger charge is -2.32. The fourth-order valence-corrected chi connectivity index (χ4v) is 6.42. The quantitative estimate of drug-likeness (QED) is 0.570. The molecule has 0 radical (unpaired) electrons. The number of aryl methyl sites for hydroxylation is 2. The standard InChI is InChI=1S/C22H26BrClN2O4S/c1-4-15-11-17(23)10-14(2)21(15)25-22(27)16-6-5-9-26(13-16)31(28,29)20-12-18(24)7-8-19(20)30-3/h7-8,10-12,16H,4-6,9,13H2,1-3H3,(H,25,27). The smallest absolute Gasteiger partial charge is 0.246 e. The molecule has 31 heavy (non-hydrogen) atoms. The fraction of sp³-hybridized carbons (Fsp3) is 0.409. The highest BCUT2D eigenvalue weighted by molar-refractivity contribution is 9.10. The second-order valence-electron chi connectivity index (χ2n) is 7.60. The molecule has 1 aliphatic rings. The van der Waals surface area contributed by atoms with E-state index in [1.165, 1.54) is 23.5 Å². The number of nitrogens with zero attached hydrogens (tertiary/aromatic N) is 1. The maximum Gasteiger partial charge on any atom is 0.246 e. The second kappa shape index (κ2) is 9.90. The van der Waals surface area contributed by atoms with Crippen LogP contribution >= 0.6 is 27.5 Å². The third kappa shape index (κ3) is 5.25. The molecule has 0 saturated carbocycles. The number of halogens is 2. The average molecular weight is 530 g/mol. The van der Waals surface area contributed by atoms with Crippen LogP contribution in [0.3, 0.4) is 0 Å². The number of carbonyl (C=O) groups excluding carboxylic acids is 1. The van der Waals surface area contributed by atoms with Crippen LogP contribution in [-0.4, -0.2) is 38.8 Å². The number of hydrogen-bond acceptors (Lipinski definition) is 4. The number of ether oxygens (including phenoxy) is 1. The molecule has 2 aromatic rings. The predicted molar refractivity (Wildman–Crippen MR) is 126 cm³/mol. The van der Waals surface area contributed by atoms with Crippen LogP contribution in [0.2, 0.25) is 5.02 Å². The zero-order chi connectivity index (χ0) is 22.8. The first-order valence-corrected chi connectivity index (χ1v) is 12.7. The Bertz CT molecular complexity index is 1090. The van der Waals surface area contributed by atoms with Gasteiger partial charge in [0.15, 0.2) is 0 Å². The third-order valence-corrected chi connectivity index (χ3v) is 8.09. The van der Waals surface area contributed by atoms with Gasteiger partial charge in [-0.3, -0.25) is 4.79 Å². The van der Waals surface area contributed by atoms with E-state index in [0.717, 1.165) is 27.7 Å². The molecule has 0 spiro atoms. The molecule has 1 heterocycles. The van der Waals surface area contributed by atoms with E-state index in [9.17, 15) is 13.2 Å². The van der Waals surface area contributed by atoms with Crippen molar-refractivity contribution in [1.82, 2.24) is 4.31 Å². The first kappa shape index (κ1) is 24.0. The van der Waals surface area contributed by atoms with Crippen molar-refractivity contribution in [2.45, 2.75) is 38.0 Å². The van der Waals surface area contributed by atoms with Gasteiger partial charge < -0.3 is 10.1 Å². The van der Waals surface area contributed by atoms with Crippen molar-refractivity contribution < 1.29 is 17.9 Å². The van der Waals surface area contributed by atoms with Gasteiger partial charge >= 0.3 is 0 Å². The number of piperidine rings is 1. The molecule has 1 N–H and O–H groups in total. The van der Waals surface area contributed by atoms with E-state index in [0.29, 0.717) is 24.4 Å². The molecule has 2 aromatic carbocycles. The van der Waals surface area contributed by atoms with Crippen molar-refractivity contribution >= 4 is 49.1 Å². The number of carbonyl (C=O) groups is 1. The third-order valence-electron chi connectivity index (χ3n) is 5.51. The zero-order valence-electron chi connectivity index (χ0n) is 17.7. The highest BCUT2D eigenvalue weighted by Crippen LogP contribution is 2.33. The summed E-state index contributed by atoms with van der Waals surface area (Å²) in [5.74, 6) is -0.381. The van der Waals surface area contributed by atoms with E-state index in [2.05, 4.69) is 21.2 Å². The summed E-state index contributed by atoms with van der Waals surface area (Å²) in [6.45, 7) is 4.44. The molecule has 0 aromatic heterocycles. The number of methoxy groups -OCH3 is 1. The van der Waals surface area contributed by atoms with Crippen molar-refractivity contribution in [2.75, 3.05) is 25.5 Å². The number of rotatable bonds is 6. The van der Waals surface area contributed by atoms with Crippen molar-refractivity contribution in [3.05, 3.63) is 51.0 Å². The van der Waals surface area contributed by atoms with Gasteiger partial charge in [-0.25, -0.2) is 8.42 Å². The number of anilines is 1. The summed E-state index contributed by atoms with van der Waals surface area (Å²) in [5, 5.41) is 3.35. The first-order valence-electron chi connectivity index (χ1n) is 10.1. The Labute approximate surface area is 197 Å². The van der Waals surface area contributed by atoms with Crippen molar-refractivity contribution in [3.8, 4) is 5.75 Å². The Kier molecular flexibility index (Phi) is 7.68. The van der Waals surface area contributed by atoms with E-state index in [-0.39, 0.29) is 23.1 Å². The molecule has 0 aliphatic carbocycles. The minimum Gasteiger partial charge on any atom is -0.495 e. The molecule has 3 rings (SSSR count). The SMILES string of the molecule is CCc1cc(Br)cc(C)c1NC(=O)C1CCCN(S(=O)(=O)c2cc(Cl)ccc2OC)C1. The fourth-order valence-electron chi connectivity index (χ4n) is 3.86. The van der Waals surface area contributed by atoms with Crippen LogP contribution in [0.15, 0.2) is 39.7 Å². The van der Waals surface area contributed by atoms with Crippen LogP contribution in [0.4, 0.5) is 5.69 Å². The maximum atomic E-state index is 13.3. The molecule has 1 aliphatic heterocycles. The molecule has 6 nitrogen and oxygen atoms in total. The topological polar surface area (TPSA) is 75.7 Å². The number of benzene rings is 2. The molecule has 0 bridgehead atoms. The first-order chi connectivity index (χ1) is 14.7. The van der Waals surface area contributed by atoms with Gasteiger partial charge in [0.2, 0.25) is 15.9 Å². The van der Waals surface area contributed by atoms with Crippen LogP contribution in [0.5, 0.6) is 5.75 Å². The molecular weight excluding hydrogens is 504 g/mol. The normalized spacial score (nSPS) is 17.4. The van der Waals surface area contributed by atoms with Gasteiger partial charge in [-0.15, -0.1) is 0 Å². The summed E-state index contributed by atoms with van der Waals surface area (Å²) in [6, 6.07) is 8.45. The lowest BCUT2D eigenvalue weighted by Crippen LogP contribution is -2.43. The van der Waals surface area contributed by atoms with E-state index in [4.69, 9.17) is 16.3 Å². The van der Waals surface area contributed by atoms with E-state index < -0.39 is 15.9 Å². The zero-order valence-corrected chi connectivity index (χ0v) is 20.9. The summed E-state index contributed by atoms with van der Waals surface area (Å²) in [5.41, 5.74) is 2.79. The lowest BCUT2D eigenvalue weighted by molar-refractivity contribution is -0.120.